The summed E-state index contributed by atoms with van der Waals surface area (Å²) in [6.45, 7) is 0.266. The number of carbonyl (C=O) groups is 2. The van der Waals surface area contributed by atoms with Crippen LogP contribution in [0.2, 0.25) is 0 Å². The lowest BCUT2D eigenvalue weighted by atomic mass is 10.1. The molecule has 134 valence electrons. The normalized spacial score (nSPS) is 28.4. The first-order valence-electron chi connectivity index (χ1n) is 8.49. The highest BCUT2D eigenvalue weighted by Crippen LogP contribution is 2.44. The van der Waals surface area contributed by atoms with Gasteiger partial charge in [0, 0.05) is 18.0 Å². The van der Waals surface area contributed by atoms with Crippen LogP contribution in [0.5, 0.6) is 0 Å². The summed E-state index contributed by atoms with van der Waals surface area (Å²) < 4.78 is 25.4. The molecule has 0 N–H and O–H groups in total. The number of rotatable bonds is 2. The third kappa shape index (κ3) is 1.94. The second-order valence-corrected chi connectivity index (χ2v) is 9.03. The number of sulfonamides is 1. The number of hydrogen-bond acceptors (Lipinski definition) is 4. The maximum absolute atomic E-state index is 13.1. The van der Waals surface area contributed by atoms with E-state index in [1.807, 2.05) is 36.4 Å². The SMILES string of the molecule is CS(=O)(=O)N1CC2CC1C1C(=O)N(c3cccc4ccccc34)C(=O)N21. The zero-order valence-electron chi connectivity index (χ0n) is 14.1. The van der Waals surface area contributed by atoms with E-state index in [1.54, 1.807) is 11.0 Å². The van der Waals surface area contributed by atoms with Crippen LogP contribution in [0.25, 0.3) is 10.8 Å². The van der Waals surface area contributed by atoms with Gasteiger partial charge in [0.25, 0.3) is 5.91 Å². The van der Waals surface area contributed by atoms with Crippen LogP contribution in [0.1, 0.15) is 6.42 Å². The topological polar surface area (TPSA) is 78.0 Å². The molecule has 0 radical (unpaired) electrons. The van der Waals surface area contributed by atoms with Crippen molar-refractivity contribution in [3.05, 3.63) is 42.5 Å². The summed E-state index contributed by atoms with van der Waals surface area (Å²) in [5, 5.41) is 1.77. The Balaban J connectivity index is 1.60. The van der Waals surface area contributed by atoms with E-state index >= 15 is 0 Å². The van der Waals surface area contributed by atoms with Gasteiger partial charge < -0.3 is 4.90 Å². The molecule has 3 saturated heterocycles. The molecule has 26 heavy (non-hydrogen) atoms. The average Bonchev–Trinajstić information content (AvgIpc) is 3.26. The number of piperazine rings is 1. The van der Waals surface area contributed by atoms with Crippen molar-refractivity contribution in [2.24, 2.45) is 0 Å². The van der Waals surface area contributed by atoms with Gasteiger partial charge in [-0.1, -0.05) is 36.4 Å². The first-order valence-corrected chi connectivity index (χ1v) is 10.3. The molecular weight excluding hydrogens is 354 g/mol. The van der Waals surface area contributed by atoms with Crippen molar-refractivity contribution in [2.45, 2.75) is 24.5 Å². The molecule has 0 saturated carbocycles. The minimum Gasteiger partial charge on any atom is -0.306 e. The molecular formula is C18H17N3O4S. The Morgan fingerprint density at radius 3 is 2.54 bits per heavy atom. The lowest BCUT2D eigenvalue weighted by Gasteiger charge is -2.33. The van der Waals surface area contributed by atoms with Gasteiger partial charge in [0.05, 0.1) is 18.0 Å². The van der Waals surface area contributed by atoms with E-state index in [0.29, 0.717) is 12.1 Å². The van der Waals surface area contributed by atoms with Crippen molar-refractivity contribution in [1.29, 1.82) is 0 Å². The Morgan fingerprint density at radius 2 is 1.77 bits per heavy atom. The van der Waals surface area contributed by atoms with Crippen LogP contribution < -0.4 is 4.90 Å². The quantitative estimate of drug-likeness (QED) is 0.748. The standard InChI is InChI=1S/C18H17N3O4S/c1-26(24,25)19-10-12-9-15(19)16-17(22)21(18(23)20(12)16)14-8-4-6-11-5-2-3-7-13(11)14/h2-8,12,15-16H,9-10H2,1H3. The van der Waals surface area contributed by atoms with E-state index in [4.69, 9.17) is 0 Å². The van der Waals surface area contributed by atoms with Crippen molar-refractivity contribution in [3.63, 3.8) is 0 Å². The van der Waals surface area contributed by atoms with E-state index in [1.165, 1.54) is 9.21 Å². The monoisotopic (exact) mass is 371 g/mol. The zero-order chi connectivity index (χ0) is 18.2. The van der Waals surface area contributed by atoms with Crippen molar-refractivity contribution >= 4 is 38.4 Å². The van der Waals surface area contributed by atoms with Crippen LogP contribution in [0.4, 0.5) is 10.5 Å². The molecule has 3 fully saturated rings. The van der Waals surface area contributed by atoms with E-state index in [0.717, 1.165) is 17.0 Å². The van der Waals surface area contributed by atoms with Crippen molar-refractivity contribution < 1.29 is 18.0 Å². The number of imide groups is 1. The Morgan fingerprint density at radius 1 is 1.04 bits per heavy atom. The number of fused-ring (bicyclic) bond motifs is 6. The molecule has 5 rings (SSSR count). The summed E-state index contributed by atoms with van der Waals surface area (Å²) in [4.78, 5) is 29.0. The fraction of sp³-hybridized carbons (Fsp3) is 0.333. The van der Waals surface area contributed by atoms with Gasteiger partial charge in [-0.2, -0.15) is 4.31 Å². The van der Waals surface area contributed by atoms with Gasteiger partial charge in [0.2, 0.25) is 10.0 Å². The smallest absolute Gasteiger partial charge is 0.306 e. The number of amides is 3. The largest absolute Gasteiger partial charge is 0.332 e. The highest BCUT2D eigenvalue weighted by molar-refractivity contribution is 7.88. The predicted molar refractivity (Wildman–Crippen MR) is 96.2 cm³/mol. The molecule has 3 aliphatic rings. The third-order valence-corrected chi connectivity index (χ3v) is 6.92. The van der Waals surface area contributed by atoms with Gasteiger partial charge in [-0.25, -0.2) is 18.1 Å². The highest BCUT2D eigenvalue weighted by Gasteiger charge is 2.63. The number of nitrogens with zero attached hydrogens (tertiary/aromatic N) is 3. The molecule has 3 amide bonds. The summed E-state index contributed by atoms with van der Waals surface area (Å²) in [6, 6.07) is 11.3. The molecule has 3 aliphatic heterocycles. The molecule has 2 aromatic carbocycles. The minimum absolute atomic E-state index is 0.240. The van der Waals surface area contributed by atoms with E-state index in [9.17, 15) is 18.0 Å². The highest BCUT2D eigenvalue weighted by atomic mass is 32.2. The average molecular weight is 371 g/mol. The van der Waals surface area contributed by atoms with Crippen LogP contribution in [0.3, 0.4) is 0 Å². The van der Waals surface area contributed by atoms with Gasteiger partial charge in [-0.05, 0) is 17.9 Å². The second-order valence-electron chi connectivity index (χ2n) is 7.10. The van der Waals surface area contributed by atoms with E-state index < -0.39 is 22.1 Å². The van der Waals surface area contributed by atoms with Gasteiger partial charge in [0.15, 0.2) is 0 Å². The van der Waals surface area contributed by atoms with E-state index in [-0.39, 0.29) is 24.5 Å². The molecule has 3 heterocycles. The van der Waals surface area contributed by atoms with Crippen molar-refractivity contribution in [2.75, 3.05) is 17.7 Å². The summed E-state index contributed by atoms with van der Waals surface area (Å²) in [5.74, 6) is -0.341. The molecule has 2 bridgehead atoms. The molecule has 3 unspecified atom stereocenters. The maximum atomic E-state index is 13.1. The maximum Gasteiger partial charge on any atom is 0.332 e. The fourth-order valence-electron chi connectivity index (χ4n) is 4.62. The first-order chi connectivity index (χ1) is 12.4. The Bertz CT molecular complexity index is 1060. The lowest BCUT2D eigenvalue weighted by molar-refractivity contribution is -0.120. The van der Waals surface area contributed by atoms with Crippen LogP contribution in [-0.2, 0) is 14.8 Å². The molecule has 2 aromatic rings. The molecule has 3 atom stereocenters. The molecule has 0 aromatic heterocycles. The van der Waals surface area contributed by atoms with Crippen LogP contribution in [-0.4, -0.2) is 60.5 Å². The molecule has 7 nitrogen and oxygen atoms in total. The Kier molecular flexibility index (Phi) is 3.06. The van der Waals surface area contributed by atoms with Crippen LogP contribution >= 0.6 is 0 Å². The van der Waals surface area contributed by atoms with Crippen LogP contribution in [0.15, 0.2) is 42.5 Å². The second kappa shape index (κ2) is 5.05. The predicted octanol–water partition coefficient (Wildman–Crippen LogP) is 1.39. The minimum atomic E-state index is -3.41. The van der Waals surface area contributed by atoms with Gasteiger partial charge >= 0.3 is 6.03 Å². The van der Waals surface area contributed by atoms with Gasteiger partial charge in [0.1, 0.15) is 6.04 Å². The Labute approximate surface area is 150 Å². The first kappa shape index (κ1) is 15.8. The number of urea groups is 1. The number of anilines is 1. The summed E-state index contributed by atoms with van der Waals surface area (Å²) in [7, 11) is -3.41. The number of hydrogen-bond donors (Lipinski definition) is 0. The summed E-state index contributed by atoms with van der Waals surface area (Å²) >= 11 is 0. The zero-order valence-corrected chi connectivity index (χ0v) is 14.9. The summed E-state index contributed by atoms with van der Waals surface area (Å²) in [6.07, 6.45) is 1.68. The molecule has 8 heteroatoms. The third-order valence-electron chi connectivity index (χ3n) is 5.65. The van der Waals surface area contributed by atoms with E-state index in [2.05, 4.69) is 0 Å². The van der Waals surface area contributed by atoms with Crippen LogP contribution in [0, 0.1) is 0 Å². The summed E-state index contributed by atoms with van der Waals surface area (Å²) in [5.41, 5.74) is 0.554. The number of carbonyl (C=O) groups excluding carboxylic acids is 2. The molecule has 0 aliphatic carbocycles. The fourth-order valence-corrected chi connectivity index (χ4v) is 5.76. The Hall–Kier alpha value is -2.45. The van der Waals surface area contributed by atoms with Crippen molar-refractivity contribution in [3.8, 4) is 0 Å². The lowest BCUT2D eigenvalue weighted by Crippen LogP contribution is -2.54. The van der Waals surface area contributed by atoms with Gasteiger partial charge in [-0.15, -0.1) is 0 Å². The van der Waals surface area contributed by atoms with Crippen molar-refractivity contribution in [1.82, 2.24) is 9.21 Å². The number of benzene rings is 2. The molecule has 0 spiro atoms. The van der Waals surface area contributed by atoms with Gasteiger partial charge in [-0.3, -0.25) is 4.79 Å².